The van der Waals surface area contributed by atoms with Crippen LogP contribution in [0.1, 0.15) is 97.4 Å². The number of hydrogen-bond acceptors (Lipinski definition) is 7. The second-order valence-electron chi connectivity index (χ2n) is 14.2. The molecule has 1 aromatic carbocycles. The van der Waals surface area contributed by atoms with Crippen molar-refractivity contribution in [1.29, 1.82) is 0 Å². The van der Waals surface area contributed by atoms with Crippen molar-refractivity contribution in [3.63, 3.8) is 0 Å². The van der Waals surface area contributed by atoms with Crippen LogP contribution in [0.15, 0.2) is 29.2 Å². The number of benzene rings is 1. The number of nitrogens with zero attached hydrogens (tertiary/aromatic N) is 3. The number of amides is 3. The van der Waals surface area contributed by atoms with Crippen LogP contribution in [0, 0.1) is 10.8 Å². The van der Waals surface area contributed by atoms with Gasteiger partial charge in [0.25, 0.3) is 11.8 Å². The SMILES string of the molecule is CCOC(=O)N1CCc2c(sc(NC(=O)c3ccc(S(=O)(=O)N4CC5(C)CC4CC(C)(C)C5)cc3)c2C(=O)N2CCCCC2)C1. The fraction of sp³-hybridized carbons (Fsp3) is 0.606. The predicted octanol–water partition coefficient (Wildman–Crippen LogP) is 5.73. The van der Waals surface area contributed by atoms with E-state index < -0.39 is 22.0 Å². The highest BCUT2D eigenvalue weighted by atomic mass is 32.2. The predicted molar refractivity (Wildman–Crippen MR) is 173 cm³/mol. The first-order chi connectivity index (χ1) is 21.3. The Morgan fingerprint density at radius 3 is 2.40 bits per heavy atom. The summed E-state index contributed by atoms with van der Waals surface area (Å²) in [6.45, 7) is 11.3. The Balaban J connectivity index is 1.23. The molecule has 45 heavy (non-hydrogen) atoms. The lowest BCUT2D eigenvalue weighted by molar-refractivity contribution is 0.0724. The summed E-state index contributed by atoms with van der Waals surface area (Å²) >= 11 is 1.32. The van der Waals surface area contributed by atoms with Gasteiger partial charge in [-0.15, -0.1) is 11.3 Å². The van der Waals surface area contributed by atoms with Crippen molar-refractivity contribution in [2.45, 2.75) is 90.1 Å². The number of fused-ring (bicyclic) bond motifs is 3. The molecular formula is C33H44N4O6S2. The molecule has 244 valence electrons. The molecule has 2 unspecified atom stereocenters. The maximum Gasteiger partial charge on any atom is 0.410 e. The van der Waals surface area contributed by atoms with Gasteiger partial charge in [-0.05, 0) is 92.5 Å². The number of rotatable bonds is 6. The van der Waals surface area contributed by atoms with Gasteiger partial charge in [-0.2, -0.15) is 4.31 Å². The summed E-state index contributed by atoms with van der Waals surface area (Å²) in [5.41, 5.74) is 1.75. The van der Waals surface area contributed by atoms with Crippen LogP contribution in [0.4, 0.5) is 9.80 Å². The van der Waals surface area contributed by atoms with Crippen LogP contribution in [0.25, 0.3) is 0 Å². The Kier molecular flexibility index (Phi) is 8.53. The van der Waals surface area contributed by atoms with Gasteiger partial charge in [-0.1, -0.05) is 20.8 Å². The maximum atomic E-state index is 13.8. The molecule has 2 saturated heterocycles. The van der Waals surface area contributed by atoms with Crippen LogP contribution in [0.3, 0.4) is 0 Å². The highest BCUT2D eigenvalue weighted by Gasteiger charge is 2.53. The van der Waals surface area contributed by atoms with Crippen molar-refractivity contribution in [3.05, 3.63) is 45.8 Å². The van der Waals surface area contributed by atoms with Crippen molar-refractivity contribution in [3.8, 4) is 0 Å². The van der Waals surface area contributed by atoms with Gasteiger partial charge in [0.1, 0.15) is 5.00 Å². The van der Waals surface area contributed by atoms with Crippen molar-refractivity contribution in [1.82, 2.24) is 14.1 Å². The molecule has 1 aliphatic carbocycles. The minimum absolute atomic E-state index is 0.0211. The van der Waals surface area contributed by atoms with Crippen LogP contribution in [0.5, 0.6) is 0 Å². The lowest BCUT2D eigenvalue weighted by Gasteiger charge is -2.39. The number of ether oxygens (including phenoxy) is 1. The lowest BCUT2D eigenvalue weighted by atomic mass is 9.65. The Morgan fingerprint density at radius 2 is 1.71 bits per heavy atom. The first kappa shape index (κ1) is 32.0. The molecule has 2 atom stereocenters. The van der Waals surface area contributed by atoms with Crippen molar-refractivity contribution in [2.24, 2.45) is 10.8 Å². The van der Waals surface area contributed by atoms with Gasteiger partial charge in [-0.25, -0.2) is 13.2 Å². The van der Waals surface area contributed by atoms with E-state index in [1.54, 1.807) is 16.1 Å². The summed E-state index contributed by atoms with van der Waals surface area (Å²) in [5.74, 6) is -0.514. The fourth-order valence-electron chi connectivity index (χ4n) is 8.12. The molecule has 10 nitrogen and oxygen atoms in total. The highest BCUT2D eigenvalue weighted by Crippen LogP contribution is 2.53. The van der Waals surface area contributed by atoms with E-state index in [9.17, 15) is 22.8 Å². The summed E-state index contributed by atoms with van der Waals surface area (Å²) in [4.78, 5) is 44.3. The monoisotopic (exact) mass is 656 g/mol. The largest absolute Gasteiger partial charge is 0.450 e. The van der Waals surface area contributed by atoms with E-state index in [1.807, 2.05) is 4.90 Å². The number of anilines is 1. The molecule has 0 spiro atoms. The summed E-state index contributed by atoms with van der Waals surface area (Å²) in [5, 5.41) is 3.43. The van der Waals surface area contributed by atoms with E-state index >= 15 is 0 Å². The topological polar surface area (TPSA) is 116 Å². The molecule has 3 aliphatic heterocycles. The van der Waals surface area contributed by atoms with Gasteiger partial charge in [0.05, 0.1) is 23.6 Å². The average molecular weight is 657 g/mol. The Labute approximate surface area is 270 Å². The third kappa shape index (κ3) is 6.25. The average Bonchev–Trinajstić information content (AvgIpc) is 3.49. The minimum atomic E-state index is -3.72. The molecule has 0 radical (unpaired) electrons. The number of piperidine rings is 1. The maximum absolute atomic E-state index is 13.8. The Bertz CT molecular complexity index is 1600. The first-order valence-electron chi connectivity index (χ1n) is 16.1. The number of hydrogen-bond donors (Lipinski definition) is 1. The number of thiophene rings is 1. The summed E-state index contributed by atoms with van der Waals surface area (Å²) in [6.07, 6.45) is 5.79. The first-order valence-corrected chi connectivity index (χ1v) is 18.3. The highest BCUT2D eigenvalue weighted by molar-refractivity contribution is 7.89. The summed E-state index contributed by atoms with van der Waals surface area (Å²) in [6, 6.07) is 6.08. The fourth-order valence-corrected chi connectivity index (χ4v) is 11.1. The van der Waals surface area contributed by atoms with E-state index in [4.69, 9.17) is 4.74 Å². The van der Waals surface area contributed by atoms with Crippen molar-refractivity contribution in [2.75, 3.05) is 38.1 Å². The number of carbonyl (C=O) groups excluding carboxylic acids is 3. The molecule has 12 heteroatoms. The lowest BCUT2D eigenvalue weighted by Crippen LogP contribution is -2.38. The molecule has 1 aromatic heterocycles. The van der Waals surface area contributed by atoms with Gasteiger partial charge >= 0.3 is 6.09 Å². The standard InChI is InChI=1S/C33H44N4O6S2/c1-5-43-31(40)36-16-13-25-26(19-36)44-29(27(25)30(39)35-14-7-6-8-15-35)34-28(38)22-9-11-24(12-10-22)45(41,42)37-21-33(4)18-23(37)17-32(2,3)20-33/h9-12,23H,5-8,13-21H2,1-4H3,(H,34,38). The molecule has 2 aromatic rings. The van der Waals surface area contributed by atoms with Crippen LogP contribution < -0.4 is 5.32 Å². The second kappa shape index (κ2) is 12.0. The molecule has 3 fully saturated rings. The molecule has 2 bridgehead atoms. The Morgan fingerprint density at radius 1 is 1.00 bits per heavy atom. The molecule has 1 N–H and O–H groups in total. The Hall–Kier alpha value is -2.96. The molecule has 4 heterocycles. The van der Waals surface area contributed by atoms with Crippen LogP contribution in [-0.2, 0) is 27.7 Å². The van der Waals surface area contributed by atoms with Crippen LogP contribution >= 0.6 is 11.3 Å². The molecule has 6 rings (SSSR count). The van der Waals surface area contributed by atoms with E-state index in [0.717, 1.165) is 49.0 Å². The molecule has 1 saturated carbocycles. The zero-order valence-corrected chi connectivity index (χ0v) is 28.3. The normalized spacial score (nSPS) is 24.7. The van der Waals surface area contributed by atoms with E-state index in [1.165, 1.54) is 35.6 Å². The minimum Gasteiger partial charge on any atom is -0.450 e. The molecule has 4 aliphatic rings. The summed E-state index contributed by atoms with van der Waals surface area (Å²) < 4.78 is 34.4. The number of likely N-dealkylation sites (tertiary alicyclic amines) is 1. The zero-order chi connectivity index (χ0) is 32.1. The van der Waals surface area contributed by atoms with Crippen molar-refractivity contribution >= 4 is 44.3 Å². The van der Waals surface area contributed by atoms with Gasteiger partial charge < -0.3 is 19.9 Å². The van der Waals surface area contributed by atoms with E-state index in [-0.39, 0.29) is 34.3 Å². The smallest absolute Gasteiger partial charge is 0.410 e. The number of carbonyl (C=O) groups is 3. The number of sulfonamides is 1. The van der Waals surface area contributed by atoms with Gasteiger partial charge in [0, 0.05) is 42.7 Å². The van der Waals surface area contributed by atoms with E-state index in [0.29, 0.717) is 55.3 Å². The second-order valence-corrected chi connectivity index (χ2v) is 17.2. The van der Waals surface area contributed by atoms with Gasteiger partial charge in [-0.3, -0.25) is 9.59 Å². The molecule has 3 amide bonds. The van der Waals surface area contributed by atoms with Gasteiger partial charge in [0.15, 0.2) is 0 Å². The van der Waals surface area contributed by atoms with Gasteiger partial charge in [0.2, 0.25) is 10.0 Å². The third-order valence-electron chi connectivity index (χ3n) is 9.76. The third-order valence-corrected chi connectivity index (χ3v) is 12.8. The van der Waals surface area contributed by atoms with E-state index in [2.05, 4.69) is 26.1 Å². The van der Waals surface area contributed by atoms with Crippen molar-refractivity contribution < 1.29 is 27.5 Å². The molecular weight excluding hydrogens is 613 g/mol. The number of nitrogens with one attached hydrogen (secondary N) is 1. The van der Waals surface area contributed by atoms with Crippen LogP contribution in [-0.4, -0.2) is 79.3 Å². The zero-order valence-electron chi connectivity index (χ0n) is 26.7. The summed E-state index contributed by atoms with van der Waals surface area (Å²) in [7, 11) is -3.72. The quantitative estimate of drug-likeness (QED) is 0.425. The van der Waals surface area contributed by atoms with Crippen LogP contribution in [0.2, 0.25) is 0 Å².